The third-order valence-corrected chi connectivity index (χ3v) is 3.90. The molecular weight excluding hydrogens is 320 g/mol. The van der Waals surface area contributed by atoms with Gasteiger partial charge in [0.05, 0.1) is 31.6 Å². The molecule has 1 aromatic rings. The predicted octanol–water partition coefficient (Wildman–Crippen LogP) is 0.627. The largest absolute Gasteiger partial charge is 0.469 e. The van der Waals surface area contributed by atoms with Crippen molar-refractivity contribution in [2.24, 2.45) is 4.99 Å². The summed E-state index contributed by atoms with van der Waals surface area (Å²) in [5, 5.41) is 17.1. The van der Waals surface area contributed by atoms with Crippen molar-refractivity contribution >= 4 is 5.96 Å². The SMILES string of the molecule is C=CCNC(=NCC(C)(O)CN1CCOCC1)NCCc1ccco1. The van der Waals surface area contributed by atoms with E-state index in [1.54, 1.807) is 12.3 Å². The van der Waals surface area contributed by atoms with E-state index in [2.05, 4.69) is 27.1 Å². The zero-order valence-electron chi connectivity index (χ0n) is 15.0. The number of guanidine groups is 1. The predicted molar refractivity (Wildman–Crippen MR) is 98.8 cm³/mol. The van der Waals surface area contributed by atoms with E-state index in [0.717, 1.165) is 38.5 Å². The summed E-state index contributed by atoms with van der Waals surface area (Å²) in [4.78, 5) is 6.73. The molecule has 1 aliphatic rings. The van der Waals surface area contributed by atoms with Crippen molar-refractivity contribution in [2.75, 3.05) is 52.5 Å². The van der Waals surface area contributed by atoms with E-state index in [-0.39, 0.29) is 0 Å². The Bertz CT molecular complexity index is 522. The van der Waals surface area contributed by atoms with Crippen LogP contribution in [0.2, 0.25) is 0 Å². The summed E-state index contributed by atoms with van der Waals surface area (Å²) >= 11 is 0. The normalized spacial score (nSPS) is 18.6. The van der Waals surface area contributed by atoms with Gasteiger partial charge in [-0.2, -0.15) is 0 Å². The van der Waals surface area contributed by atoms with E-state index in [0.29, 0.717) is 32.1 Å². The maximum atomic E-state index is 10.6. The van der Waals surface area contributed by atoms with E-state index >= 15 is 0 Å². The number of hydrogen-bond donors (Lipinski definition) is 3. The highest BCUT2D eigenvalue weighted by Crippen LogP contribution is 2.09. The quantitative estimate of drug-likeness (QED) is 0.344. The first-order valence-corrected chi connectivity index (χ1v) is 8.77. The zero-order valence-corrected chi connectivity index (χ0v) is 15.0. The summed E-state index contributed by atoms with van der Waals surface area (Å²) in [6.07, 6.45) is 4.21. The topological polar surface area (TPSA) is 82.3 Å². The van der Waals surface area contributed by atoms with E-state index in [9.17, 15) is 5.11 Å². The van der Waals surface area contributed by atoms with Gasteiger partial charge in [0.2, 0.25) is 0 Å². The van der Waals surface area contributed by atoms with Gasteiger partial charge in [-0.1, -0.05) is 6.08 Å². The fourth-order valence-corrected chi connectivity index (χ4v) is 2.64. The molecule has 1 atom stereocenters. The first-order chi connectivity index (χ1) is 12.1. The summed E-state index contributed by atoms with van der Waals surface area (Å²) in [6, 6.07) is 3.83. The second-order valence-corrected chi connectivity index (χ2v) is 6.48. The second kappa shape index (κ2) is 10.2. The third-order valence-electron chi connectivity index (χ3n) is 3.90. The number of β-amino-alcohol motifs (C(OH)–C–C–N with tert-alkyl or cyclic N) is 1. The summed E-state index contributed by atoms with van der Waals surface area (Å²) in [6.45, 7) is 10.9. The van der Waals surface area contributed by atoms with E-state index in [1.165, 1.54) is 0 Å². The number of nitrogens with one attached hydrogen (secondary N) is 2. The smallest absolute Gasteiger partial charge is 0.191 e. The Morgan fingerprint density at radius 3 is 2.92 bits per heavy atom. The number of aliphatic imine (C=N–C) groups is 1. The van der Waals surface area contributed by atoms with Crippen LogP contribution in [0.3, 0.4) is 0 Å². The van der Waals surface area contributed by atoms with Gasteiger partial charge in [0.15, 0.2) is 5.96 Å². The lowest BCUT2D eigenvalue weighted by Gasteiger charge is -2.33. The van der Waals surface area contributed by atoms with Crippen LogP contribution in [-0.2, 0) is 11.2 Å². The van der Waals surface area contributed by atoms with Crippen molar-refractivity contribution in [3.05, 3.63) is 36.8 Å². The van der Waals surface area contributed by atoms with Crippen LogP contribution in [0, 0.1) is 0 Å². The molecule has 0 aliphatic carbocycles. The number of nitrogens with zero attached hydrogens (tertiary/aromatic N) is 2. The maximum Gasteiger partial charge on any atom is 0.191 e. The summed E-state index contributed by atoms with van der Waals surface area (Å²) < 4.78 is 10.7. The Kier molecular flexibility index (Phi) is 7.97. The number of ether oxygens (including phenoxy) is 1. The zero-order chi connectivity index (χ0) is 18.0. The number of morpholine rings is 1. The highest BCUT2D eigenvalue weighted by atomic mass is 16.5. The molecule has 140 valence electrons. The molecule has 1 saturated heterocycles. The Morgan fingerprint density at radius 1 is 1.44 bits per heavy atom. The van der Waals surface area contributed by atoms with Crippen LogP contribution in [0.25, 0.3) is 0 Å². The molecule has 0 amide bonds. The average Bonchev–Trinajstić information content (AvgIpc) is 3.11. The van der Waals surface area contributed by atoms with Crippen molar-refractivity contribution in [3.8, 4) is 0 Å². The van der Waals surface area contributed by atoms with Crippen molar-refractivity contribution in [3.63, 3.8) is 0 Å². The molecule has 2 heterocycles. The first kappa shape index (κ1) is 19.5. The highest BCUT2D eigenvalue weighted by molar-refractivity contribution is 5.79. The number of aliphatic hydroxyl groups is 1. The number of hydrogen-bond acceptors (Lipinski definition) is 5. The molecule has 0 radical (unpaired) electrons. The lowest BCUT2D eigenvalue weighted by molar-refractivity contribution is -0.0179. The van der Waals surface area contributed by atoms with Gasteiger partial charge in [-0.15, -0.1) is 6.58 Å². The molecule has 7 nitrogen and oxygen atoms in total. The fraction of sp³-hybridized carbons (Fsp3) is 0.611. The van der Waals surface area contributed by atoms with Crippen LogP contribution in [0.5, 0.6) is 0 Å². The van der Waals surface area contributed by atoms with Crippen LogP contribution in [-0.4, -0.2) is 74.0 Å². The van der Waals surface area contributed by atoms with Crippen molar-refractivity contribution in [1.82, 2.24) is 15.5 Å². The molecule has 1 aromatic heterocycles. The van der Waals surface area contributed by atoms with E-state index in [1.807, 2.05) is 19.1 Å². The molecule has 1 aliphatic heterocycles. The van der Waals surface area contributed by atoms with Gasteiger partial charge in [0.1, 0.15) is 5.76 Å². The van der Waals surface area contributed by atoms with Gasteiger partial charge < -0.3 is 24.9 Å². The van der Waals surface area contributed by atoms with Crippen LogP contribution >= 0.6 is 0 Å². The van der Waals surface area contributed by atoms with Crippen LogP contribution in [0.1, 0.15) is 12.7 Å². The van der Waals surface area contributed by atoms with Gasteiger partial charge in [-0.05, 0) is 19.1 Å². The molecule has 0 saturated carbocycles. The lowest BCUT2D eigenvalue weighted by atomic mass is 10.1. The highest BCUT2D eigenvalue weighted by Gasteiger charge is 2.25. The lowest BCUT2D eigenvalue weighted by Crippen LogP contribution is -2.48. The Hall–Kier alpha value is -1.83. The summed E-state index contributed by atoms with van der Waals surface area (Å²) in [5.41, 5.74) is -0.888. The molecule has 7 heteroatoms. The van der Waals surface area contributed by atoms with Gasteiger partial charge in [-0.3, -0.25) is 9.89 Å². The number of rotatable bonds is 9. The standard InChI is InChI=1S/C18H30N4O3/c1-3-7-19-17(20-8-6-16-5-4-11-25-16)21-14-18(2,23)15-22-9-12-24-13-10-22/h3-5,11,23H,1,6-10,12-15H2,2H3,(H2,19,20,21). The average molecular weight is 350 g/mol. The third kappa shape index (κ3) is 7.72. The van der Waals surface area contributed by atoms with Crippen molar-refractivity contribution < 1.29 is 14.3 Å². The van der Waals surface area contributed by atoms with Gasteiger partial charge in [0, 0.05) is 39.1 Å². The minimum Gasteiger partial charge on any atom is -0.469 e. The molecule has 0 spiro atoms. The minimum atomic E-state index is -0.888. The Balaban J connectivity index is 1.82. The van der Waals surface area contributed by atoms with Gasteiger partial charge in [0.25, 0.3) is 0 Å². The molecule has 3 N–H and O–H groups in total. The van der Waals surface area contributed by atoms with Crippen LogP contribution < -0.4 is 10.6 Å². The van der Waals surface area contributed by atoms with Crippen LogP contribution in [0.15, 0.2) is 40.5 Å². The molecule has 0 aromatic carbocycles. The second-order valence-electron chi connectivity index (χ2n) is 6.48. The van der Waals surface area contributed by atoms with Crippen molar-refractivity contribution in [2.45, 2.75) is 18.9 Å². The monoisotopic (exact) mass is 350 g/mol. The number of furan rings is 1. The maximum absolute atomic E-state index is 10.6. The molecule has 1 fully saturated rings. The molecule has 1 unspecified atom stereocenters. The molecular formula is C18H30N4O3. The minimum absolute atomic E-state index is 0.317. The Morgan fingerprint density at radius 2 is 2.24 bits per heavy atom. The van der Waals surface area contributed by atoms with Crippen LogP contribution in [0.4, 0.5) is 0 Å². The van der Waals surface area contributed by atoms with Gasteiger partial charge >= 0.3 is 0 Å². The molecule has 0 bridgehead atoms. The fourth-order valence-electron chi connectivity index (χ4n) is 2.64. The summed E-state index contributed by atoms with van der Waals surface area (Å²) in [7, 11) is 0. The van der Waals surface area contributed by atoms with Gasteiger partial charge in [-0.25, -0.2) is 0 Å². The van der Waals surface area contributed by atoms with Crippen molar-refractivity contribution in [1.29, 1.82) is 0 Å². The van der Waals surface area contributed by atoms with E-state index in [4.69, 9.17) is 9.15 Å². The summed E-state index contributed by atoms with van der Waals surface area (Å²) in [5.74, 6) is 1.59. The molecule has 25 heavy (non-hydrogen) atoms. The Labute approximate surface area is 149 Å². The first-order valence-electron chi connectivity index (χ1n) is 8.77. The molecule has 2 rings (SSSR count). The van der Waals surface area contributed by atoms with E-state index < -0.39 is 5.60 Å².